The van der Waals surface area contributed by atoms with Crippen LogP contribution >= 0.6 is 0 Å². The predicted molar refractivity (Wildman–Crippen MR) is 88.6 cm³/mol. The zero-order valence-corrected chi connectivity index (χ0v) is 13.2. The van der Waals surface area contributed by atoms with Gasteiger partial charge in [0.25, 0.3) is 5.91 Å². The Morgan fingerprint density at radius 2 is 1.88 bits per heavy atom. The number of aromatic nitrogens is 1. The van der Waals surface area contributed by atoms with Crippen molar-refractivity contribution in [1.82, 2.24) is 10.5 Å². The molecule has 0 saturated heterocycles. The summed E-state index contributed by atoms with van der Waals surface area (Å²) in [7, 11) is 0. The summed E-state index contributed by atoms with van der Waals surface area (Å²) in [6.07, 6.45) is 0. The number of fused-ring (bicyclic) bond motifs is 3. The van der Waals surface area contributed by atoms with E-state index in [0.29, 0.717) is 11.3 Å². The smallest absolute Gasteiger partial charge is 0.274 e. The fraction of sp³-hybridized carbons (Fsp3) is 0.158. The van der Waals surface area contributed by atoms with E-state index in [-0.39, 0.29) is 24.2 Å². The van der Waals surface area contributed by atoms with Crippen LogP contribution in [-0.2, 0) is 6.61 Å². The highest BCUT2D eigenvalue weighted by Crippen LogP contribution is 2.38. The number of hydrogen-bond acceptors (Lipinski definition) is 4. The lowest BCUT2D eigenvalue weighted by Gasteiger charge is -2.17. The predicted octanol–water partition coefficient (Wildman–Crippen LogP) is 3.73. The first-order valence-electron chi connectivity index (χ1n) is 7.80. The summed E-state index contributed by atoms with van der Waals surface area (Å²) in [6, 6.07) is 17.2. The highest BCUT2D eigenvalue weighted by molar-refractivity contribution is 5.95. The number of amides is 1. The summed E-state index contributed by atoms with van der Waals surface area (Å²) in [5.74, 6) is 1.08. The third-order valence-electron chi connectivity index (χ3n) is 4.15. The van der Waals surface area contributed by atoms with Gasteiger partial charge in [-0.2, -0.15) is 0 Å². The van der Waals surface area contributed by atoms with Crippen LogP contribution in [0.5, 0.6) is 5.75 Å². The summed E-state index contributed by atoms with van der Waals surface area (Å²) in [5.41, 5.74) is 2.82. The van der Waals surface area contributed by atoms with Crippen LogP contribution in [0, 0.1) is 0 Å². The molecule has 1 aromatic heterocycles. The molecule has 5 nitrogen and oxygen atoms in total. The molecular formula is C19H16N2O3. The van der Waals surface area contributed by atoms with Crippen LogP contribution in [0.1, 0.15) is 34.6 Å². The largest absolute Gasteiger partial charge is 0.488 e. The number of hydrogen-bond donors (Lipinski definition) is 1. The number of benzene rings is 2. The molecule has 0 aliphatic carbocycles. The quantitative estimate of drug-likeness (QED) is 0.799. The maximum atomic E-state index is 12.6. The van der Waals surface area contributed by atoms with Gasteiger partial charge in [-0.15, -0.1) is 0 Å². The third-order valence-corrected chi connectivity index (χ3v) is 4.15. The summed E-state index contributed by atoms with van der Waals surface area (Å²) >= 11 is 0. The normalized spacial score (nSPS) is 13.4. The van der Waals surface area contributed by atoms with Crippen LogP contribution < -0.4 is 10.1 Å². The lowest BCUT2D eigenvalue weighted by atomic mass is 10.0. The first-order chi connectivity index (χ1) is 11.7. The van der Waals surface area contributed by atoms with E-state index < -0.39 is 0 Å². The van der Waals surface area contributed by atoms with E-state index >= 15 is 0 Å². The van der Waals surface area contributed by atoms with Crippen molar-refractivity contribution in [1.29, 1.82) is 0 Å². The summed E-state index contributed by atoms with van der Waals surface area (Å²) in [6.45, 7) is 2.21. The number of nitrogens with zero attached hydrogens (tertiary/aromatic N) is 1. The maximum absolute atomic E-state index is 12.6. The molecule has 1 N–H and O–H groups in total. The lowest BCUT2D eigenvalue weighted by molar-refractivity contribution is 0.0928. The summed E-state index contributed by atoms with van der Waals surface area (Å²) < 4.78 is 11.1. The minimum absolute atomic E-state index is 0.122. The fourth-order valence-electron chi connectivity index (χ4n) is 2.85. The molecule has 5 heteroatoms. The van der Waals surface area contributed by atoms with Crippen LogP contribution in [0.25, 0.3) is 11.3 Å². The topological polar surface area (TPSA) is 64.4 Å². The van der Waals surface area contributed by atoms with Gasteiger partial charge in [0.2, 0.25) is 0 Å². The molecular weight excluding hydrogens is 304 g/mol. The van der Waals surface area contributed by atoms with E-state index in [1.807, 2.05) is 61.5 Å². The maximum Gasteiger partial charge on any atom is 0.274 e. The van der Waals surface area contributed by atoms with Crippen molar-refractivity contribution in [3.63, 3.8) is 0 Å². The number of carbonyl (C=O) groups excluding carboxylic acids is 1. The van der Waals surface area contributed by atoms with E-state index in [1.54, 1.807) is 0 Å². The van der Waals surface area contributed by atoms with Crippen molar-refractivity contribution in [3.05, 3.63) is 71.4 Å². The van der Waals surface area contributed by atoms with Crippen molar-refractivity contribution < 1.29 is 14.1 Å². The Kier molecular flexibility index (Phi) is 3.54. The van der Waals surface area contributed by atoms with E-state index in [0.717, 1.165) is 16.9 Å². The summed E-state index contributed by atoms with van der Waals surface area (Å²) in [5, 5.41) is 6.93. The molecule has 1 unspecified atom stereocenters. The second-order valence-corrected chi connectivity index (χ2v) is 5.73. The van der Waals surface area contributed by atoms with Crippen LogP contribution in [-0.4, -0.2) is 11.1 Å². The van der Waals surface area contributed by atoms with Gasteiger partial charge in [0.1, 0.15) is 12.4 Å². The second-order valence-electron chi connectivity index (χ2n) is 5.73. The average Bonchev–Trinajstić information content (AvgIpc) is 3.07. The molecule has 3 aromatic rings. The monoisotopic (exact) mass is 320 g/mol. The van der Waals surface area contributed by atoms with Gasteiger partial charge in [-0.25, -0.2) is 0 Å². The summed E-state index contributed by atoms with van der Waals surface area (Å²) in [4.78, 5) is 12.6. The molecule has 1 atom stereocenters. The Labute approximate surface area is 139 Å². The fourth-order valence-corrected chi connectivity index (χ4v) is 2.85. The Morgan fingerprint density at radius 3 is 2.71 bits per heavy atom. The Morgan fingerprint density at radius 1 is 1.12 bits per heavy atom. The number of rotatable bonds is 3. The SMILES string of the molecule is CC(NC(=O)c1noc2c1COc1ccccc1-2)c1ccccc1. The molecule has 2 aromatic carbocycles. The highest BCUT2D eigenvalue weighted by atomic mass is 16.5. The molecule has 0 spiro atoms. The van der Waals surface area contributed by atoms with Gasteiger partial charge < -0.3 is 14.6 Å². The van der Waals surface area contributed by atoms with Crippen molar-refractivity contribution >= 4 is 5.91 Å². The lowest BCUT2D eigenvalue weighted by Crippen LogP contribution is -2.28. The zero-order valence-electron chi connectivity index (χ0n) is 13.2. The van der Waals surface area contributed by atoms with Gasteiger partial charge in [-0.3, -0.25) is 4.79 Å². The van der Waals surface area contributed by atoms with Gasteiger partial charge in [-0.1, -0.05) is 47.6 Å². The Bertz CT molecular complexity index is 887. The molecule has 4 rings (SSSR count). The molecule has 0 bridgehead atoms. The van der Waals surface area contributed by atoms with Crippen LogP contribution in [0.2, 0.25) is 0 Å². The number of carbonyl (C=O) groups is 1. The van der Waals surface area contributed by atoms with E-state index in [2.05, 4.69) is 10.5 Å². The average molecular weight is 320 g/mol. The Hall–Kier alpha value is -3.08. The van der Waals surface area contributed by atoms with Gasteiger partial charge in [-0.05, 0) is 24.6 Å². The second kappa shape index (κ2) is 5.85. The number of para-hydroxylation sites is 1. The molecule has 0 radical (unpaired) electrons. The zero-order chi connectivity index (χ0) is 16.5. The number of nitrogens with one attached hydrogen (secondary N) is 1. The first-order valence-corrected chi connectivity index (χ1v) is 7.80. The van der Waals surface area contributed by atoms with Crippen molar-refractivity contribution in [2.24, 2.45) is 0 Å². The molecule has 120 valence electrons. The van der Waals surface area contributed by atoms with Crippen LogP contribution in [0.4, 0.5) is 0 Å². The van der Waals surface area contributed by atoms with E-state index in [1.165, 1.54) is 0 Å². The van der Waals surface area contributed by atoms with Crippen LogP contribution in [0.15, 0.2) is 59.1 Å². The van der Waals surface area contributed by atoms with E-state index in [9.17, 15) is 4.79 Å². The molecule has 0 saturated carbocycles. The van der Waals surface area contributed by atoms with Crippen molar-refractivity contribution in [2.75, 3.05) is 0 Å². The van der Waals surface area contributed by atoms with Crippen molar-refractivity contribution in [3.8, 4) is 17.1 Å². The Balaban J connectivity index is 1.60. The van der Waals surface area contributed by atoms with Gasteiger partial charge in [0.15, 0.2) is 11.5 Å². The van der Waals surface area contributed by atoms with E-state index in [4.69, 9.17) is 9.26 Å². The minimum Gasteiger partial charge on any atom is -0.488 e. The van der Waals surface area contributed by atoms with Gasteiger partial charge in [0, 0.05) is 0 Å². The molecule has 2 heterocycles. The number of ether oxygens (including phenoxy) is 1. The standard InChI is InChI=1S/C19H16N2O3/c1-12(13-7-3-2-4-8-13)20-19(22)17-15-11-23-16-10-6-5-9-14(16)18(15)24-21-17/h2-10,12H,11H2,1H3,(H,20,22). The molecule has 1 aliphatic heterocycles. The highest BCUT2D eigenvalue weighted by Gasteiger charge is 2.29. The van der Waals surface area contributed by atoms with Gasteiger partial charge >= 0.3 is 0 Å². The molecule has 0 fully saturated rings. The van der Waals surface area contributed by atoms with Crippen LogP contribution in [0.3, 0.4) is 0 Å². The minimum atomic E-state index is -0.265. The molecule has 1 amide bonds. The molecule has 1 aliphatic rings. The van der Waals surface area contributed by atoms with Crippen molar-refractivity contribution in [2.45, 2.75) is 19.6 Å². The third kappa shape index (κ3) is 2.44. The molecule has 24 heavy (non-hydrogen) atoms. The van der Waals surface area contributed by atoms with Gasteiger partial charge in [0.05, 0.1) is 17.2 Å². The first kappa shape index (κ1) is 14.5.